The van der Waals surface area contributed by atoms with Gasteiger partial charge in [-0.25, -0.2) is 9.97 Å². The molecule has 0 amide bonds. The Morgan fingerprint density at radius 3 is 2.57 bits per heavy atom. The zero-order valence-corrected chi connectivity index (χ0v) is 8.48. The number of hydrogen-bond acceptors (Lipinski definition) is 4. The molecule has 0 aromatic carbocycles. The van der Waals surface area contributed by atoms with Gasteiger partial charge >= 0.3 is 0 Å². The second-order valence-electron chi connectivity index (χ2n) is 2.92. The maximum Gasteiger partial charge on any atom is 0.153 e. The van der Waals surface area contributed by atoms with Gasteiger partial charge in [-0.3, -0.25) is 0 Å². The molecule has 0 N–H and O–H groups in total. The fraction of sp³-hybridized carbons (Fsp3) is 0.600. The van der Waals surface area contributed by atoms with Crippen LogP contribution in [0.4, 0.5) is 0 Å². The highest BCUT2D eigenvalue weighted by atomic mass is 16.5. The van der Waals surface area contributed by atoms with Crippen molar-refractivity contribution in [1.29, 1.82) is 0 Å². The summed E-state index contributed by atoms with van der Waals surface area (Å²) in [6, 6.07) is 1.79. The lowest BCUT2D eigenvalue weighted by Crippen LogP contribution is -2.00. The molecule has 0 unspecified atom stereocenters. The van der Waals surface area contributed by atoms with Crippen molar-refractivity contribution >= 4 is 0 Å². The Kier molecular flexibility index (Phi) is 5.86. The normalized spacial score (nSPS) is 10.4. The molecule has 0 aliphatic carbocycles. The molecule has 1 rings (SSSR count). The molecule has 4 heteroatoms. The van der Waals surface area contributed by atoms with Crippen molar-refractivity contribution in [3.63, 3.8) is 0 Å². The van der Waals surface area contributed by atoms with Crippen LogP contribution in [0.25, 0.3) is 0 Å². The number of unbranched alkanes of at least 4 members (excludes halogenated alkanes) is 1. The van der Waals surface area contributed by atoms with Gasteiger partial charge in [0.25, 0.3) is 0 Å². The number of ether oxygens (including phenoxy) is 2. The van der Waals surface area contributed by atoms with E-state index in [0.717, 1.165) is 31.9 Å². The van der Waals surface area contributed by atoms with Crippen molar-refractivity contribution in [2.45, 2.75) is 19.4 Å². The fourth-order valence-corrected chi connectivity index (χ4v) is 1.02. The molecule has 0 aliphatic rings. The summed E-state index contributed by atoms with van der Waals surface area (Å²) in [6.45, 7) is 2.03. The van der Waals surface area contributed by atoms with Gasteiger partial charge < -0.3 is 9.47 Å². The third-order valence-corrected chi connectivity index (χ3v) is 1.74. The highest BCUT2D eigenvalue weighted by molar-refractivity contribution is 4.86. The summed E-state index contributed by atoms with van der Waals surface area (Å²) in [7, 11) is 1.71. The Bertz CT molecular complexity index is 229. The largest absolute Gasteiger partial charge is 0.385 e. The van der Waals surface area contributed by atoms with Gasteiger partial charge in [0.15, 0.2) is 5.82 Å². The number of hydrogen-bond donors (Lipinski definition) is 0. The average Bonchev–Trinajstić information content (AvgIpc) is 2.25. The molecule has 0 bridgehead atoms. The second kappa shape index (κ2) is 7.41. The lowest BCUT2D eigenvalue weighted by atomic mass is 10.3. The van der Waals surface area contributed by atoms with Gasteiger partial charge in [0.1, 0.15) is 6.61 Å². The van der Waals surface area contributed by atoms with Gasteiger partial charge in [-0.15, -0.1) is 0 Å². The van der Waals surface area contributed by atoms with Gasteiger partial charge in [-0.2, -0.15) is 0 Å². The number of methoxy groups -OCH3 is 1. The van der Waals surface area contributed by atoms with Crippen LogP contribution in [0.1, 0.15) is 18.7 Å². The molecule has 14 heavy (non-hydrogen) atoms. The molecule has 0 aliphatic heterocycles. The molecule has 4 nitrogen and oxygen atoms in total. The van der Waals surface area contributed by atoms with E-state index >= 15 is 0 Å². The molecule has 0 fully saturated rings. The SMILES string of the molecule is COCCCCOCc1ncccn1. The molecule has 1 aromatic rings. The third-order valence-electron chi connectivity index (χ3n) is 1.74. The molecular formula is C10H16N2O2. The Labute approximate surface area is 84.3 Å². The molecule has 0 radical (unpaired) electrons. The van der Waals surface area contributed by atoms with Crippen molar-refractivity contribution in [1.82, 2.24) is 9.97 Å². The van der Waals surface area contributed by atoms with Crippen molar-refractivity contribution in [3.8, 4) is 0 Å². The molecule has 0 saturated carbocycles. The lowest BCUT2D eigenvalue weighted by molar-refractivity contribution is 0.103. The third kappa shape index (κ3) is 4.89. The number of nitrogens with zero attached hydrogens (tertiary/aromatic N) is 2. The van der Waals surface area contributed by atoms with E-state index in [1.807, 2.05) is 0 Å². The zero-order valence-electron chi connectivity index (χ0n) is 8.48. The first-order valence-electron chi connectivity index (χ1n) is 4.76. The summed E-state index contributed by atoms with van der Waals surface area (Å²) in [5.74, 6) is 0.735. The zero-order chi connectivity index (χ0) is 10.1. The van der Waals surface area contributed by atoms with Crippen molar-refractivity contribution < 1.29 is 9.47 Å². The number of aromatic nitrogens is 2. The van der Waals surface area contributed by atoms with Crippen LogP contribution in [0.5, 0.6) is 0 Å². The Balaban J connectivity index is 1.99. The van der Waals surface area contributed by atoms with Crippen molar-refractivity contribution in [2.75, 3.05) is 20.3 Å². The summed E-state index contributed by atoms with van der Waals surface area (Å²) in [5.41, 5.74) is 0. The second-order valence-corrected chi connectivity index (χ2v) is 2.92. The van der Waals surface area contributed by atoms with Crippen LogP contribution in [0.3, 0.4) is 0 Å². The predicted molar refractivity (Wildman–Crippen MR) is 52.8 cm³/mol. The maximum atomic E-state index is 5.39. The molecule has 78 valence electrons. The topological polar surface area (TPSA) is 44.2 Å². The van der Waals surface area contributed by atoms with Crippen molar-refractivity contribution in [2.24, 2.45) is 0 Å². The van der Waals surface area contributed by atoms with E-state index in [-0.39, 0.29) is 0 Å². The fourth-order valence-electron chi connectivity index (χ4n) is 1.02. The first kappa shape index (κ1) is 11.1. The van der Waals surface area contributed by atoms with E-state index in [9.17, 15) is 0 Å². The van der Waals surface area contributed by atoms with Crippen molar-refractivity contribution in [3.05, 3.63) is 24.3 Å². The van der Waals surface area contributed by atoms with Crippen LogP contribution >= 0.6 is 0 Å². The quantitative estimate of drug-likeness (QED) is 0.619. The standard InChI is InChI=1S/C10H16N2O2/c1-13-7-2-3-8-14-9-10-11-5-4-6-12-10/h4-6H,2-3,7-9H2,1H3. The summed E-state index contributed by atoms with van der Waals surface area (Å²) in [4.78, 5) is 8.10. The van der Waals surface area contributed by atoms with Crippen LogP contribution in [-0.4, -0.2) is 30.3 Å². The maximum absolute atomic E-state index is 5.39. The molecular weight excluding hydrogens is 180 g/mol. The van der Waals surface area contributed by atoms with Crippen LogP contribution in [-0.2, 0) is 16.1 Å². The van der Waals surface area contributed by atoms with Crippen LogP contribution in [0.2, 0.25) is 0 Å². The molecule has 0 atom stereocenters. The van der Waals surface area contributed by atoms with Gasteiger partial charge in [-0.05, 0) is 18.9 Å². The summed E-state index contributed by atoms with van der Waals surface area (Å²) < 4.78 is 10.3. The number of rotatable bonds is 7. The summed E-state index contributed by atoms with van der Waals surface area (Å²) in [6.07, 6.45) is 5.49. The van der Waals surface area contributed by atoms with E-state index in [4.69, 9.17) is 9.47 Å². The predicted octanol–water partition coefficient (Wildman–Crippen LogP) is 1.42. The highest BCUT2D eigenvalue weighted by Gasteiger charge is 1.94. The smallest absolute Gasteiger partial charge is 0.153 e. The van der Waals surface area contributed by atoms with Gasteiger partial charge in [0, 0.05) is 32.7 Å². The van der Waals surface area contributed by atoms with E-state index in [2.05, 4.69) is 9.97 Å². The molecule has 0 spiro atoms. The minimum atomic E-state index is 0.494. The average molecular weight is 196 g/mol. The van der Waals surface area contributed by atoms with E-state index in [1.54, 1.807) is 25.6 Å². The summed E-state index contributed by atoms with van der Waals surface area (Å²) in [5, 5.41) is 0. The molecule has 1 aromatic heterocycles. The van der Waals surface area contributed by atoms with E-state index < -0.39 is 0 Å². The van der Waals surface area contributed by atoms with Crippen LogP contribution in [0, 0.1) is 0 Å². The van der Waals surface area contributed by atoms with Crippen LogP contribution < -0.4 is 0 Å². The lowest BCUT2D eigenvalue weighted by Gasteiger charge is -2.02. The van der Waals surface area contributed by atoms with E-state index in [0.29, 0.717) is 6.61 Å². The summed E-state index contributed by atoms with van der Waals surface area (Å²) >= 11 is 0. The Hall–Kier alpha value is -1.00. The van der Waals surface area contributed by atoms with Gasteiger partial charge in [0.2, 0.25) is 0 Å². The molecule has 1 heterocycles. The Morgan fingerprint density at radius 1 is 1.14 bits per heavy atom. The first-order chi connectivity index (χ1) is 6.93. The van der Waals surface area contributed by atoms with Crippen LogP contribution in [0.15, 0.2) is 18.5 Å². The first-order valence-corrected chi connectivity index (χ1v) is 4.76. The van der Waals surface area contributed by atoms with Gasteiger partial charge in [0.05, 0.1) is 0 Å². The van der Waals surface area contributed by atoms with E-state index in [1.165, 1.54) is 0 Å². The molecule has 0 saturated heterocycles. The minimum absolute atomic E-state index is 0.494. The Morgan fingerprint density at radius 2 is 1.86 bits per heavy atom. The minimum Gasteiger partial charge on any atom is -0.385 e. The highest BCUT2D eigenvalue weighted by Crippen LogP contribution is 1.95. The van der Waals surface area contributed by atoms with Gasteiger partial charge in [-0.1, -0.05) is 0 Å². The monoisotopic (exact) mass is 196 g/mol.